The van der Waals surface area contributed by atoms with Gasteiger partial charge in [-0.1, -0.05) is 55.8 Å². The SMILES string of the molecule is CCCCOc1ccc(C2c3c(-c4ccccc4)n[nH]c3C(=O)N2Cc2ccc3c(c2)OCO3)cc1OCC. The lowest BCUT2D eigenvalue weighted by Gasteiger charge is -2.27. The molecule has 1 atom stereocenters. The standard InChI is InChI=1S/C31H31N3O5/c1-3-5-15-37-23-14-12-22(17-26(23)36-4-2)30-27-28(21-9-7-6-8-10-21)32-33-29(27)31(35)34(30)18-20-11-13-24-25(16-20)39-19-38-24/h6-14,16-17,30H,3-5,15,18-19H2,1-2H3,(H,32,33). The van der Waals surface area contributed by atoms with Crippen molar-refractivity contribution >= 4 is 5.91 Å². The lowest BCUT2D eigenvalue weighted by molar-refractivity contribution is 0.0729. The van der Waals surface area contributed by atoms with Crippen LogP contribution in [0, 0.1) is 0 Å². The minimum atomic E-state index is -0.379. The van der Waals surface area contributed by atoms with Crippen molar-refractivity contribution in [3.05, 3.63) is 89.1 Å². The summed E-state index contributed by atoms with van der Waals surface area (Å²) in [5.41, 5.74) is 4.93. The van der Waals surface area contributed by atoms with Crippen LogP contribution in [0.4, 0.5) is 0 Å². The molecule has 2 aliphatic rings. The molecule has 0 bridgehead atoms. The number of amides is 1. The Balaban J connectivity index is 1.43. The third-order valence-corrected chi connectivity index (χ3v) is 7.04. The van der Waals surface area contributed by atoms with Crippen molar-refractivity contribution in [3.8, 4) is 34.3 Å². The number of nitrogens with zero attached hydrogens (tertiary/aromatic N) is 2. The van der Waals surface area contributed by atoms with Crippen LogP contribution < -0.4 is 18.9 Å². The van der Waals surface area contributed by atoms with Gasteiger partial charge in [0.15, 0.2) is 23.0 Å². The van der Waals surface area contributed by atoms with Gasteiger partial charge in [0, 0.05) is 17.7 Å². The molecule has 1 unspecified atom stereocenters. The van der Waals surface area contributed by atoms with E-state index in [1.165, 1.54) is 0 Å². The van der Waals surface area contributed by atoms with Gasteiger partial charge >= 0.3 is 0 Å². The van der Waals surface area contributed by atoms with Crippen LogP contribution in [0.3, 0.4) is 0 Å². The van der Waals surface area contributed by atoms with Crippen LogP contribution >= 0.6 is 0 Å². The molecule has 0 spiro atoms. The predicted octanol–water partition coefficient (Wildman–Crippen LogP) is 6.13. The van der Waals surface area contributed by atoms with Gasteiger partial charge in [-0.3, -0.25) is 9.89 Å². The molecule has 200 valence electrons. The molecule has 1 N–H and O–H groups in total. The first-order chi connectivity index (χ1) is 19.2. The van der Waals surface area contributed by atoms with Crippen LogP contribution in [0.2, 0.25) is 0 Å². The Bertz CT molecular complexity index is 1480. The van der Waals surface area contributed by atoms with Gasteiger partial charge in [-0.25, -0.2) is 0 Å². The third kappa shape index (κ3) is 4.67. The van der Waals surface area contributed by atoms with Gasteiger partial charge in [0.05, 0.1) is 24.9 Å². The maximum atomic E-state index is 13.9. The number of hydrogen-bond donors (Lipinski definition) is 1. The monoisotopic (exact) mass is 525 g/mol. The van der Waals surface area contributed by atoms with E-state index in [9.17, 15) is 4.79 Å². The van der Waals surface area contributed by atoms with Gasteiger partial charge in [0.1, 0.15) is 5.69 Å². The van der Waals surface area contributed by atoms with Gasteiger partial charge in [0.2, 0.25) is 6.79 Å². The van der Waals surface area contributed by atoms with Crippen molar-refractivity contribution in [2.75, 3.05) is 20.0 Å². The van der Waals surface area contributed by atoms with Gasteiger partial charge in [-0.15, -0.1) is 0 Å². The normalized spacial score (nSPS) is 15.5. The maximum Gasteiger partial charge on any atom is 0.273 e. The molecule has 39 heavy (non-hydrogen) atoms. The lowest BCUT2D eigenvalue weighted by Crippen LogP contribution is -2.29. The van der Waals surface area contributed by atoms with E-state index in [2.05, 4.69) is 17.1 Å². The van der Waals surface area contributed by atoms with Gasteiger partial charge in [-0.2, -0.15) is 5.10 Å². The van der Waals surface area contributed by atoms with Crippen LogP contribution in [0.25, 0.3) is 11.3 Å². The molecule has 3 aromatic carbocycles. The van der Waals surface area contributed by atoms with E-state index in [0.29, 0.717) is 48.5 Å². The molecule has 1 amide bonds. The zero-order valence-electron chi connectivity index (χ0n) is 22.1. The topological polar surface area (TPSA) is 85.9 Å². The summed E-state index contributed by atoms with van der Waals surface area (Å²) in [4.78, 5) is 15.7. The number of hydrogen-bond acceptors (Lipinski definition) is 6. The average molecular weight is 526 g/mol. The van der Waals surface area contributed by atoms with E-state index >= 15 is 0 Å². The fraction of sp³-hybridized carbons (Fsp3) is 0.290. The van der Waals surface area contributed by atoms with Crippen molar-refractivity contribution in [1.29, 1.82) is 0 Å². The molecule has 0 fully saturated rings. The molecule has 0 saturated carbocycles. The first-order valence-corrected chi connectivity index (χ1v) is 13.4. The molecule has 8 nitrogen and oxygen atoms in total. The summed E-state index contributed by atoms with van der Waals surface area (Å²) in [5.74, 6) is 2.66. The Morgan fingerprint density at radius 1 is 0.974 bits per heavy atom. The van der Waals surface area contributed by atoms with E-state index in [0.717, 1.165) is 40.8 Å². The van der Waals surface area contributed by atoms with Gasteiger partial charge < -0.3 is 23.8 Å². The highest BCUT2D eigenvalue weighted by Gasteiger charge is 2.42. The van der Waals surface area contributed by atoms with E-state index in [1.807, 2.05) is 78.6 Å². The van der Waals surface area contributed by atoms with Crippen LogP contribution in [-0.4, -0.2) is 41.0 Å². The molecule has 0 saturated heterocycles. The summed E-state index contributed by atoms with van der Waals surface area (Å²) < 4.78 is 23.1. The molecule has 8 heteroatoms. The van der Waals surface area contributed by atoms with E-state index in [-0.39, 0.29) is 18.7 Å². The molecule has 3 heterocycles. The Morgan fingerprint density at radius 2 is 1.82 bits per heavy atom. The fourth-order valence-electron chi connectivity index (χ4n) is 5.17. The Kier molecular flexibility index (Phi) is 6.84. The number of aromatic amines is 1. The molecular weight excluding hydrogens is 494 g/mol. The minimum absolute atomic E-state index is 0.108. The summed E-state index contributed by atoms with van der Waals surface area (Å²) in [5, 5.41) is 7.62. The number of carbonyl (C=O) groups is 1. The molecule has 0 aliphatic carbocycles. The van der Waals surface area contributed by atoms with E-state index in [4.69, 9.17) is 18.9 Å². The molecule has 2 aliphatic heterocycles. The number of nitrogens with one attached hydrogen (secondary N) is 1. The summed E-state index contributed by atoms with van der Waals surface area (Å²) in [6.45, 7) is 5.80. The van der Waals surface area contributed by atoms with Crippen LogP contribution in [0.15, 0.2) is 66.7 Å². The number of H-pyrrole nitrogens is 1. The lowest BCUT2D eigenvalue weighted by atomic mass is 9.95. The van der Waals surface area contributed by atoms with Gasteiger partial charge in [-0.05, 0) is 48.7 Å². The van der Waals surface area contributed by atoms with Crippen molar-refractivity contribution < 1.29 is 23.7 Å². The first-order valence-electron chi connectivity index (χ1n) is 13.4. The molecular formula is C31H31N3O5. The van der Waals surface area contributed by atoms with Crippen molar-refractivity contribution in [3.63, 3.8) is 0 Å². The largest absolute Gasteiger partial charge is 0.490 e. The number of ether oxygens (including phenoxy) is 4. The van der Waals surface area contributed by atoms with Crippen LogP contribution in [-0.2, 0) is 6.54 Å². The fourth-order valence-corrected chi connectivity index (χ4v) is 5.17. The summed E-state index contributed by atoms with van der Waals surface area (Å²) in [6, 6.07) is 21.3. The number of aromatic nitrogens is 2. The smallest absolute Gasteiger partial charge is 0.273 e. The Morgan fingerprint density at radius 3 is 2.64 bits per heavy atom. The second kappa shape index (κ2) is 10.7. The zero-order chi connectivity index (χ0) is 26.8. The van der Waals surface area contributed by atoms with Crippen molar-refractivity contribution in [1.82, 2.24) is 15.1 Å². The maximum absolute atomic E-state index is 13.9. The Labute approximate surface area is 227 Å². The Hall–Kier alpha value is -4.46. The second-order valence-corrected chi connectivity index (χ2v) is 9.59. The number of rotatable bonds is 10. The predicted molar refractivity (Wildman–Crippen MR) is 146 cm³/mol. The van der Waals surface area contributed by atoms with Crippen LogP contribution in [0.1, 0.15) is 59.9 Å². The number of benzene rings is 3. The number of fused-ring (bicyclic) bond motifs is 2. The molecule has 6 rings (SSSR count). The molecule has 4 aromatic rings. The second-order valence-electron chi connectivity index (χ2n) is 9.59. The third-order valence-electron chi connectivity index (χ3n) is 7.04. The van der Waals surface area contributed by atoms with E-state index < -0.39 is 0 Å². The summed E-state index contributed by atoms with van der Waals surface area (Å²) in [6.07, 6.45) is 2.01. The molecule has 1 aromatic heterocycles. The first kappa shape index (κ1) is 24.9. The van der Waals surface area contributed by atoms with E-state index in [1.54, 1.807) is 0 Å². The highest BCUT2D eigenvalue weighted by atomic mass is 16.7. The average Bonchev–Trinajstić information content (AvgIpc) is 3.67. The highest BCUT2D eigenvalue weighted by Crippen LogP contribution is 2.45. The van der Waals surface area contributed by atoms with Crippen molar-refractivity contribution in [2.24, 2.45) is 0 Å². The number of carbonyl (C=O) groups excluding carboxylic acids is 1. The summed E-state index contributed by atoms with van der Waals surface area (Å²) >= 11 is 0. The number of unbranched alkanes of at least 4 members (excludes halogenated alkanes) is 1. The van der Waals surface area contributed by atoms with Gasteiger partial charge in [0.25, 0.3) is 5.91 Å². The zero-order valence-corrected chi connectivity index (χ0v) is 22.1. The highest BCUT2D eigenvalue weighted by molar-refractivity contribution is 6.00. The van der Waals surface area contributed by atoms with Crippen LogP contribution in [0.5, 0.6) is 23.0 Å². The van der Waals surface area contributed by atoms with Crippen molar-refractivity contribution in [2.45, 2.75) is 39.3 Å². The summed E-state index contributed by atoms with van der Waals surface area (Å²) in [7, 11) is 0. The molecule has 0 radical (unpaired) electrons. The minimum Gasteiger partial charge on any atom is -0.490 e. The quantitative estimate of drug-likeness (QED) is 0.251.